The number of benzene rings is 1. The standard InChI is InChI=1S/C16H17FN2O2/c1-2-21-16-14(4-3-10-19-16)15(20)18-11-9-12-5-7-13(17)8-6-12/h3-8,10H,2,9,11H2,1H3,(H,18,20). The Morgan fingerprint density at radius 2 is 2.05 bits per heavy atom. The van der Waals surface area contributed by atoms with E-state index in [0.29, 0.717) is 31.0 Å². The van der Waals surface area contributed by atoms with Crippen LogP contribution in [0.2, 0.25) is 0 Å². The first kappa shape index (κ1) is 15.0. The van der Waals surface area contributed by atoms with Gasteiger partial charge in [0.15, 0.2) is 0 Å². The molecule has 2 aromatic rings. The topological polar surface area (TPSA) is 51.2 Å². The third kappa shape index (κ3) is 4.27. The minimum Gasteiger partial charge on any atom is -0.477 e. The lowest BCUT2D eigenvalue weighted by molar-refractivity contribution is 0.0949. The Kier molecular flexibility index (Phi) is 5.26. The quantitative estimate of drug-likeness (QED) is 0.889. The first-order chi connectivity index (χ1) is 10.2. The van der Waals surface area contributed by atoms with Crippen LogP contribution < -0.4 is 10.1 Å². The molecule has 21 heavy (non-hydrogen) atoms. The van der Waals surface area contributed by atoms with Gasteiger partial charge in [-0.05, 0) is 43.2 Å². The lowest BCUT2D eigenvalue weighted by atomic mass is 10.1. The van der Waals surface area contributed by atoms with Crippen molar-refractivity contribution in [2.75, 3.05) is 13.2 Å². The van der Waals surface area contributed by atoms with E-state index in [-0.39, 0.29) is 11.7 Å². The molecule has 0 radical (unpaired) electrons. The molecule has 1 N–H and O–H groups in total. The summed E-state index contributed by atoms with van der Waals surface area (Å²) < 4.78 is 18.1. The molecular formula is C16H17FN2O2. The van der Waals surface area contributed by atoms with Crippen LogP contribution in [0.3, 0.4) is 0 Å². The van der Waals surface area contributed by atoms with E-state index >= 15 is 0 Å². The van der Waals surface area contributed by atoms with Crippen LogP contribution in [0.1, 0.15) is 22.8 Å². The van der Waals surface area contributed by atoms with Crippen molar-refractivity contribution in [1.29, 1.82) is 0 Å². The zero-order chi connectivity index (χ0) is 15.1. The zero-order valence-corrected chi connectivity index (χ0v) is 11.8. The molecule has 0 aliphatic heterocycles. The van der Waals surface area contributed by atoms with Gasteiger partial charge in [0, 0.05) is 12.7 Å². The average molecular weight is 288 g/mol. The molecule has 1 heterocycles. The fourth-order valence-electron chi connectivity index (χ4n) is 1.88. The predicted octanol–water partition coefficient (Wildman–Crippen LogP) is 2.59. The first-order valence-electron chi connectivity index (χ1n) is 6.81. The van der Waals surface area contributed by atoms with Crippen molar-refractivity contribution in [3.8, 4) is 5.88 Å². The molecule has 110 valence electrons. The van der Waals surface area contributed by atoms with Gasteiger partial charge in [0.2, 0.25) is 5.88 Å². The highest BCUT2D eigenvalue weighted by Gasteiger charge is 2.12. The summed E-state index contributed by atoms with van der Waals surface area (Å²) in [5.74, 6) is -0.160. The summed E-state index contributed by atoms with van der Waals surface area (Å²) in [5.41, 5.74) is 1.38. The SMILES string of the molecule is CCOc1ncccc1C(=O)NCCc1ccc(F)cc1. The third-order valence-electron chi connectivity index (χ3n) is 2.91. The van der Waals surface area contributed by atoms with Crippen LogP contribution in [0.25, 0.3) is 0 Å². The van der Waals surface area contributed by atoms with Gasteiger partial charge in [-0.15, -0.1) is 0 Å². The number of halogens is 1. The second-order valence-electron chi connectivity index (χ2n) is 4.42. The van der Waals surface area contributed by atoms with Gasteiger partial charge in [0.1, 0.15) is 11.4 Å². The Morgan fingerprint density at radius 3 is 2.76 bits per heavy atom. The van der Waals surface area contributed by atoms with Crippen molar-refractivity contribution in [3.63, 3.8) is 0 Å². The smallest absolute Gasteiger partial charge is 0.256 e. The fraction of sp³-hybridized carbons (Fsp3) is 0.250. The molecule has 0 saturated heterocycles. The first-order valence-corrected chi connectivity index (χ1v) is 6.81. The maximum absolute atomic E-state index is 12.8. The van der Waals surface area contributed by atoms with Crippen LogP contribution in [0, 0.1) is 5.82 Å². The van der Waals surface area contributed by atoms with Gasteiger partial charge < -0.3 is 10.1 Å². The molecule has 0 aliphatic carbocycles. The minimum absolute atomic E-state index is 0.228. The molecule has 0 fully saturated rings. The van der Waals surface area contributed by atoms with E-state index in [1.165, 1.54) is 12.1 Å². The van der Waals surface area contributed by atoms with E-state index in [9.17, 15) is 9.18 Å². The number of carbonyl (C=O) groups excluding carboxylic acids is 1. The van der Waals surface area contributed by atoms with Gasteiger partial charge >= 0.3 is 0 Å². The van der Waals surface area contributed by atoms with Gasteiger partial charge in [-0.3, -0.25) is 4.79 Å². The highest BCUT2D eigenvalue weighted by Crippen LogP contribution is 2.13. The summed E-state index contributed by atoms with van der Waals surface area (Å²) in [4.78, 5) is 16.1. The van der Waals surface area contributed by atoms with Crippen molar-refractivity contribution in [2.24, 2.45) is 0 Å². The fourth-order valence-corrected chi connectivity index (χ4v) is 1.88. The number of ether oxygens (including phenoxy) is 1. The van der Waals surface area contributed by atoms with Crippen LogP contribution in [0.5, 0.6) is 5.88 Å². The number of nitrogens with zero attached hydrogens (tertiary/aromatic N) is 1. The van der Waals surface area contributed by atoms with Crippen molar-refractivity contribution in [3.05, 3.63) is 59.5 Å². The Hall–Kier alpha value is -2.43. The number of amides is 1. The van der Waals surface area contributed by atoms with Crippen molar-refractivity contribution in [1.82, 2.24) is 10.3 Å². The number of nitrogens with one attached hydrogen (secondary N) is 1. The van der Waals surface area contributed by atoms with Gasteiger partial charge in [0.25, 0.3) is 5.91 Å². The van der Waals surface area contributed by atoms with Gasteiger partial charge in [-0.1, -0.05) is 12.1 Å². The summed E-state index contributed by atoms with van der Waals surface area (Å²) >= 11 is 0. The number of aromatic nitrogens is 1. The highest BCUT2D eigenvalue weighted by atomic mass is 19.1. The second-order valence-corrected chi connectivity index (χ2v) is 4.42. The van der Waals surface area contributed by atoms with Gasteiger partial charge in [-0.25, -0.2) is 9.37 Å². The summed E-state index contributed by atoms with van der Waals surface area (Å²) in [6.07, 6.45) is 2.22. The molecule has 1 aromatic heterocycles. The number of pyridine rings is 1. The lowest BCUT2D eigenvalue weighted by Gasteiger charge is -2.09. The Bertz CT molecular complexity index is 599. The van der Waals surface area contributed by atoms with Crippen molar-refractivity contribution in [2.45, 2.75) is 13.3 Å². The summed E-state index contributed by atoms with van der Waals surface area (Å²) in [5, 5.41) is 2.81. The molecule has 0 aliphatic rings. The highest BCUT2D eigenvalue weighted by molar-refractivity contribution is 5.96. The van der Waals surface area contributed by atoms with Crippen molar-refractivity contribution < 1.29 is 13.9 Å². The zero-order valence-electron chi connectivity index (χ0n) is 11.8. The lowest BCUT2D eigenvalue weighted by Crippen LogP contribution is -2.26. The van der Waals surface area contributed by atoms with Crippen LogP contribution in [0.15, 0.2) is 42.6 Å². The molecule has 0 unspecified atom stereocenters. The normalized spacial score (nSPS) is 10.2. The third-order valence-corrected chi connectivity index (χ3v) is 2.91. The number of hydrogen-bond donors (Lipinski definition) is 1. The predicted molar refractivity (Wildman–Crippen MR) is 77.8 cm³/mol. The van der Waals surface area contributed by atoms with E-state index in [2.05, 4.69) is 10.3 Å². The summed E-state index contributed by atoms with van der Waals surface area (Å²) in [6, 6.07) is 9.59. The number of rotatable bonds is 6. The largest absolute Gasteiger partial charge is 0.477 e. The summed E-state index contributed by atoms with van der Waals surface area (Å²) in [7, 11) is 0. The number of hydrogen-bond acceptors (Lipinski definition) is 3. The summed E-state index contributed by atoms with van der Waals surface area (Å²) in [6.45, 7) is 2.75. The van der Waals surface area contributed by atoms with E-state index < -0.39 is 0 Å². The molecule has 0 bridgehead atoms. The number of carbonyl (C=O) groups is 1. The minimum atomic E-state index is -0.264. The molecule has 1 amide bonds. The maximum Gasteiger partial charge on any atom is 0.256 e. The molecule has 0 atom stereocenters. The molecule has 0 spiro atoms. The second kappa shape index (κ2) is 7.38. The van der Waals surface area contributed by atoms with Crippen LogP contribution in [-0.2, 0) is 6.42 Å². The van der Waals surface area contributed by atoms with E-state index in [1.54, 1.807) is 30.5 Å². The molecule has 4 nitrogen and oxygen atoms in total. The van der Waals surface area contributed by atoms with Crippen molar-refractivity contribution >= 4 is 5.91 Å². The molecule has 1 aromatic carbocycles. The molecule has 5 heteroatoms. The van der Waals surface area contributed by atoms with Crippen LogP contribution in [0.4, 0.5) is 4.39 Å². The van der Waals surface area contributed by atoms with Gasteiger partial charge in [-0.2, -0.15) is 0 Å². The average Bonchev–Trinajstić information content (AvgIpc) is 2.50. The van der Waals surface area contributed by atoms with Crippen LogP contribution >= 0.6 is 0 Å². The molecule has 0 saturated carbocycles. The van der Waals surface area contributed by atoms with E-state index in [1.807, 2.05) is 6.92 Å². The Labute approximate surface area is 123 Å². The van der Waals surface area contributed by atoms with Gasteiger partial charge in [0.05, 0.1) is 6.61 Å². The monoisotopic (exact) mass is 288 g/mol. The maximum atomic E-state index is 12.8. The van der Waals surface area contributed by atoms with Crippen LogP contribution in [-0.4, -0.2) is 24.0 Å². The molecule has 2 rings (SSSR count). The van der Waals surface area contributed by atoms with E-state index in [0.717, 1.165) is 5.56 Å². The Morgan fingerprint density at radius 1 is 1.29 bits per heavy atom. The Balaban J connectivity index is 1.91. The van der Waals surface area contributed by atoms with E-state index in [4.69, 9.17) is 4.74 Å². The molecular weight excluding hydrogens is 271 g/mol.